The van der Waals surface area contributed by atoms with E-state index in [4.69, 9.17) is 0 Å². The predicted molar refractivity (Wildman–Crippen MR) is 71.4 cm³/mol. The maximum atomic E-state index is 10.2. The van der Waals surface area contributed by atoms with Crippen LogP contribution in [0.4, 0.5) is 0 Å². The fourth-order valence-corrected chi connectivity index (χ4v) is 2.38. The lowest BCUT2D eigenvalue weighted by Gasteiger charge is -2.17. The van der Waals surface area contributed by atoms with E-state index in [0.29, 0.717) is 0 Å². The third kappa shape index (κ3) is 2.00. The van der Waals surface area contributed by atoms with E-state index in [-0.39, 0.29) is 5.92 Å². The lowest BCUT2D eigenvalue weighted by Crippen LogP contribution is -2.05. The largest absolute Gasteiger partial charge is 0.388 e. The Bertz CT molecular complexity index is 505. The lowest BCUT2D eigenvalue weighted by atomic mass is 9.94. The summed E-state index contributed by atoms with van der Waals surface area (Å²) in [7, 11) is 0. The minimum absolute atomic E-state index is 0.226. The monoisotopic (exact) mass is 278 g/mol. The Balaban J connectivity index is 2.67. The number of fused-ring (bicyclic) bond motifs is 1. The summed E-state index contributed by atoms with van der Waals surface area (Å²) in [6, 6.07) is 12.1. The van der Waals surface area contributed by atoms with Crippen LogP contribution in [0.25, 0.3) is 10.8 Å². The summed E-state index contributed by atoms with van der Waals surface area (Å²) in [6.07, 6.45) is -0.405. The molecule has 2 aromatic rings. The van der Waals surface area contributed by atoms with Gasteiger partial charge in [-0.25, -0.2) is 0 Å². The van der Waals surface area contributed by atoms with E-state index >= 15 is 0 Å². The van der Waals surface area contributed by atoms with Crippen LogP contribution in [0.2, 0.25) is 0 Å². The van der Waals surface area contributed by atoms with Gasteiger partial charge in [-0.3, -0.25) is 0 Å². The summed E-state index contributed by atoms with van der Waals surface area (Å²) in [4.78, 5) is 0. The van der Waals surface area contributed by atoms with Gasteiger partial charge in [0, 0.05) is 4.47 Å². The number of aliphatic hydroxyl groups excluding tert-OH is 1. The molecule has 84 valence electrons. The smallest absolute Gasteiger partial charge is 0.0818 e. The molecule has 2 heteroatoms. The third-order valence-electron chi connectivity index (χ3n) is 2.85. The SMILES string of the molecule is CC(C)C(O)c1ccc(Br)c2ccccc12. The average Bonchev–Trinajstić information content (AvgIpc) is 2.29. The molecule has 1 nitrogen and oxygen atoms in total. The normalized spacial score (nSPS) is 13.3. The topological polar surface area (TPSA) is 20.2 Å². The van der Waals surface area contributed by atoms with Crippen LogP contribution in [0.5, 0.6) is 0 Å². The summed E-state index contributed by atoms with van der Waals surface area (Å²) in [5.41, 5.74) is 1.01. The van der Waals surface area contributed by atoms with Crippen molar-refractivity contribution in [1.82, 2.24) is 0 Å². The van der Waals surface area contributed by atoms with Crippen LogP contribution >= 0.6 is 15.9 Å². The fourth-order valence-electron chi connectivity index (χ4n) is 1.90. The van der Waals surface area contributed by atoms with Crippen molar-refractivity contribution in [3.05, 3.63) is 46.4 Å². The molecule has 0 heterocycles. The van der Waals surface area contributed by atoms with Gasteiger partial charge < -0.3 is 5.11 Å². The first-order valence-corrected chi connectivity index (χ1v) is 6.25. The summed E-state index contributed by atoms with van der Waals surface area (Å²) >= 11 is 3.54. The molecule has 0 amide bonds. The van der Waals surface area contributed by atoms with Crippen molar-refractivity contribution in [3.63, 3.8) is 0 Å². The van der Waals surface area contributed by atoms with Crippen LogP contribution in [0.3, 0.4) is 0 Å². The second-order valence-corrected chi connectivity index (χ2v) is 5.23. The second-order valence-electron chi connectivity index (χ2n) is 4.37. The third-order valence-corrected chi connectivity index (χ3v) is 3.55. The van der Waals surface area contributed by atoms with Crippen molar-refractivity contribution in [2.75, 3.05) is 0 Å². The van der Waals surface area contributed by atoms with E-state index in [9.17, 15) is 5.11 Å². The van der Waals surface area contributed by atoms with Crippen LogP contribution in [0.1, 0.15) is 25.5 Å². The van der Waals surface area contributed by atoms with Gasteiger partial charge in [-0.2, -0.15) is 0 Å². The molecule has 0 aromatic heterocycles. The Morgan fingerprint density at radius 1 is 1.00 bits per heavy atom. The molecule has 1 unspecified atom stereocenters. The Hall–Kier alpha value is -0.860. The minimum atomic E-state index is -0.405. The molecule has 0 fully saturated rings. The molecule has 2 rings (SSSR count). The molecule has 1 atom stereocenters. The molecule has 0 aliphatic carbocycles. The number of rotatable bonds is 2. The first kappa shape index (κ1) is 11.6. The van der Waals surface area contributed by atoms with E-state index in [1.165, 1.54) is 0 Å². The molecule has 2 aromatic carbocycles. The zero-order valence-electron chi connectivity index (χ0n) is 9.44. The molecule has 1 N–H and O–H groups in total. The standard InChI is InChI=1S/C14H15BrO/c1-9(2)14(16)12-7-8-13(15)11-6-4-3-5-10(11)12/h3-9,14,16H,1-2H3. The molecule has 0 saturated heterocycles. The highest BCUT2D eigenvalue weighted by Gasteiger charge is 2.15. The number of hydrogen-bond acceptors (Lipinski definition) is 1. The second kappa shape index (κ2) is 4.56. The molecule has 0 aliphatic heterocycles. The van der Waals surface area contributed by atoms with Gasteiger partial charge in [0.05, 0.1) is 6.10 Å². The van der Waals surface area contributed by atoms with Crippen molar-refractivity contribution < 1.29 is 5.11 Å². The Labute approximate surface area is 104 Å². The number of hydrogen-bond donors (Lipinski definition) is 1. The van der Waals surface area contributed by atoms with Gasteiger partial charge in [0.25, 0.3) is 0 Å². The van der Waals surface area contributed by atoms with Crippen molar-refractivity contribution in [2.24, 2.45) is 5.92 Å². The highest BCUT2D eigenvalue weighted by Crippen LogP contribution is 2.32. The van der Waals surface area contributed by atoms with Crippen LogP contribution in [-0.2, 0) is 0 Å². The van der Waals surface area contributed by atoms with E-state index < -0.39 is 6.10 Å². The molecule has 0 saturated carbocycles. The van der Waals surface area contributed by atoms with Crippen molar-refractivity contribution in [3.8, 4) is 0 Å². The molecule has 0 bridgehead atoms. The predicted octanol–water partition coefficient (Wildman–Crippen LogP) is 4.29. The maximum Gasteiger partial charge on any atom is 0.0818 e. The van der Waals surface area contributed by atoms with Gasteiger partial charge in [0.15, 0.2) is 0 Å². The number of halogens is 1. The molecular formula is C14H15BrO. The summed E-state index contributed by atoms with van der Waals surface area (Å²) in [5.74, 6) is 0.226. The van der Waals surface area contributed by atoms with Crippen molar-refractivity contribution in [1.29, 1.82) is 0 Å². The van der Waals surface area contributed by atoms with Gasteiger partial charge >= 0.3 is 0 Å². The highest BCUT2D eigenvalue weighted by atomic mass is 79.9. The van der Waals surface area contributed by atoms with Crippen LogP contribution in [0, 0.1) is 5.92 Å². The zero-order valence-corrected chi connectivity index (χ0v) is 11.0. The minimum Gasteiger partial charge on any atom is -0.388 e. The van der Waals surface area contributed by atoms with Gasteiger partial charge in [-0.15, -0.1) is 0 Å². The molecule has 0 spiro atoms. The Kier molecular flexibility index (Phi) is 3.31. The average molecular weight is 279 g/mol. The van der Waals surface area contributed by atoms with Gasteiger partial charge in [0.2, 0.25) is 0 Å². The van der Waals surface area contributed by atoms with Crippen LogP contribution in [0.15, 0.2) is 40.9 Å². The maximum absolute atomic E-state index is 10.2. The van der Waals surface area contributed by atoms with Gasteiger partial charge in [-0.05, 0) is 28.3 Å². The van der Waals surface area contributed by atoms with E-state index in [1.54, 1.807) is 0 Å². The quantitative estimate of drug-likeness (QED) is 0.869. The van der Waals surface area contributed by atoms with Gasteiger partial charge in [0.1, 0.15) is 0 Å². The van der Waals surface area contributed by atoms with Crippen LogP contribution < -0.4 is 0 Å². The number of benzene rings is 2. The first-order chi connectivity index (χ1) is 7.61. The summed E-state index contributed by atoms with van der Waals surface area (Å²) < 4.78 is 1.07. The van der Waals surface area contributed by atoms with Crippen molar-refractivity contribution >= 4 is 26.7 Å². The summed E-state index contributed by atoms with van der Waals surface area (Å²) in [5, 5.41) is 12.4. The zero-order chi connectivity index (χ0) is 11.7. The molecule has 0 aliphatic rings. The van der Waals surface area contributed by atoms with Crippen LogP contribution in [-0.4, -0.2) is 5.11 Å². The van der Waals surface area contributed by atoms with Gasteiger partial charge in [-0.1, -0.05) is 60.1 Å². The van der Waals surface area contributed by atoms with E-state index in [2.05, 4.69) is 28.1 Å². The molecule has 16 heavy (non-hydrogen) atoms. The molecule has 0 radical (unpaired) electrons. The fraction of sp³-hybridized carbons (Fsp3) is 0.286. The van der Waals surface area contributed by atoms with E-state index in [0.717, 1.165) is 20.8 Å². The number of aliphatic hydroxyl groups is 1. The summed E-state index contributed by atoms with van der Waals surface area (Å²) in [6.45, 7) is 4.06. The Morgan fingerprint density at radius 2 is 1.62 bits per heavy atom. The lowest BCUT2D eigenvalue weighted by molar-refractivity contribution is 0.128. The Morgan fingerprint density at radius 3 is 2.25 bits per heavy atom. The highest BCUT2D eigenvalue weighted by molar-refractivity contribution is 9.10. The molecular weight excluding hydrogens is 264 g/mol. The van der Waals surface area contributed by atoms with E-state index in [1.807, 2.05) is 38.1 Å². The first-order valence-electron chi connectivity index (χ1n) is 5.46. The van der Waals surface area contributed by atoms with Crippen molar-refractivity contribution in [2.45, 2.75) is 20.0 Å².